The Hall–Kier alpha value is -1.64. The molecule has 2 aromatic carbocycles. The Bertz CT molecular complexity index is 519. The number of hydrogen-bond acceptors (Lipinski definition) is 2. The maximum atomic E-state index is 10.6. The van der Waals surface area contributed by atoms with E-state index >= 15 is 0 Å². The molecule has 1 N–H and O–H groups in total. The minimum atomic E-state index is -0.421. The summed E-state index contributed by atoms with van der Waals surface area (Å²) >= 11 is 0. The van der Waals surface area contributed by atoms with Gasteiger partial charge in [0.2, 0.25) is 0 Å². The molecule has 0 fully saturated rings. The van der Waals surface area contributed by atoms with Crippen molar-refractivity contribution in [1.82, 2.24) is 4.90 Å². The number of aryl methyl sites for hydroxylation is 1. The molecule has 0 aliphatic carbocycles. The van der Waals surface area contributed by atoms with Gasteiger partial charge in [-0.05, 0) is 32.1 Å². The van der Waals surface area contributed by atoms with Crippen molar-refractivity contribution in [2.24, 2.45) is 0 Å². The molecule has 0 spiro atoms. The smallest absolute Gasteiger partial charge is 0.0775 e. The predicted octanol–water partition coefficient (Wildman–Crippen LogP) is 3.05. The van der Waals surface area contributed by atoms with Crippen molar-refractivity contribution in [1.29, 1.82) is 0 Å². The van der Waals surface area contributed by atoms with Gasteiger partial charge in [0, 0.05) is 12.5 Å². The van der Waals surface area contributed by atoms with E-state index in [1.807, 2.05) is 37.2 Å². The van der Waals surface area contributed by atoms with E-state index in [0.717, 1.165) is 11.1 Å². The van der Waals surface area contributed by atoms with Gasteiger partial charge in [0.05, 0.1) is 6.10 Å². The third kappa shape index (κ3) is 3.69. The van der Waals surface area contributed by atoms with Gasteiger partial charge < -0.3 is 10.0 Å². The second-order valence-corrected chi connectivity index (χ2v) is 5.63. The molecule has 2 unspecified atom stereocenters. The monoisotopic (exact) mass is 269 g/mol. The number of nitrogens with zero attached hydrogens (tertiary/aromatic N) is 1. The van der Waals surface area contributed by atoms with Gasteiger partial charge in [0.25, 0.3) is 0 Å². The van der Waals surface area contributed by atoms with Crippen molar-refractivity contribution in [3.05, 3.63) is 71.3 Å². The first kappa shape index (κ1) is 14.8. The first-order valence-electron chi connectivity index (χ1n) is 7.02. The average Bonchev–Trinajstić information content (AvgIpc) is 2.42. The SMILES string of the molecule is Cc1ccc(C(c2ccccc2)C(O)CN(C)C)cc1. The van der Waals surface area contributed by atoms with Crippen LogP contribution >= 0.6 is 0 Å². The van der Waals surface area contributed by atoms with Crippen LogP contribution in [0.3, 0.4) is 0 Å². The largest absolute Gasteiger partial charge is 0.391 e. The second kappa shape index (κ2) is 6.69. The number of benzene rings is 2. The number of hydrogen-bond donors (Lipinski definition) is 1. The molecular weight excluding hydrogens is 246 g/mol. The van der Waals surface area contributed by atoms with Gasteiger partial charge >= 0.3 is 0 Å². The van der Waals surface area contributed by atoms with Crippen LogP contribution < -0.4 is 0 Å². The molecule has 0 radical (unpaired) electrons. The average molecular weight is 269 g/mol. The Morgan fingerprint density at radius 1 is 0.900 bits per heavy atom. The van der Waals surface area contributed by atoms with E-state index in [0.29, 0.717) is 6.54 Å². The van der Waals surface area contributed by atoms with E-state index in [1.165, 1.54) is 5.56 Å². The molecule has 106 valence electrons. The Kier molecular flexibility index (Phi) is 4.94. The highest BCUT2D eigenvalue weighted by atomic mass is 16.3. The number of aliphatic hydroxyl groups is 1. The summed E-state index contributed by atoms with van der Waals surface area (Å²) in [4.78, 5) is 2.02. The van der Waals surface area contributed by atoms with E-state index in [4.69, 9.17) is 0 Å². The summed E-state index contributed by atoms with van der Waals surface area (Å²) in [6.45, 7) is 2.73. The van der Waals surface area contributed by atoms with Crippen molar-refractivity contribution in [3.8, 4) is 0 Å². The van der Waals surface area contributed by atoms with E-state index in [-0.39, 0.29) is 5.92 Å². The molecule has 20 heavy (non-hydrogen) atoms. The fraction of sp³-hybridized carbons (Fsp3) is 0.333. The Morgan fingerprint density at radius 2 is 1.45 bits per heavy atom. The molecular formula is C18H23NO. The lowest BCUT2D eigenvalue weighted by molar-refractivity contribution is 0.121. The third-order valence-electron chi connectivity index (χ3n) is 3.53. The van der Waals surface area contributed by atoms with Gasteiger partial charge in [0.15, 0.2) is 0 Å². The maximum absolute atomic E-state index is 10.6. The maximum Gasteiger partial charge on any atom is 0.0775 e. The third-order valence-corrected chi connectivity index (χ3v) is 3.53. The lowest BCUT2D eigenvalue weighted by Crippen LogP contribution is -2.31. The molecule has 0 bridgehead atoms. The molecule has 2 atom stereocenters. The summed E-state index contributed by atoms with van der Waals surface area (Å²) in [6, 6.07) is 18.7. The Labute approximate surface area is 121 Å². The fourth-order valence-electron chi connectivity index (χ4n) is 2.55. The highest BCUT2D eigenvalue weighted by Gasteiger charge is 2.23. The zero-order valence-electron chi connectivity index (χ0n) is 12.5. The van der Waals surface area contributed by atoms with Crippen molar-refractivity contribution < 1.29 is 5.11 Å². The van der Waals surface area contributed by atoms with Crippen LogP contribution in [0.1, 0.15) is 22.6 Å². The lowest BCUT2D eigenvalue weighted by Gasteiger charge is -2.26. The zero-order valence-corrected chi connectivity index (χ0v) is 12.5. The van der Waals surface area contributed by atoms with E-state index in [1.54, 1.807) is 0 Å². The van der Waals surface area contributed by atoms with E-state index in [9.17, 15) is 5.11 Å². The minimum absolute atomic E-state index is 0.0131. The van der Waals surface area contributed by atoms with Crippen molar-refractivity contribution >= 4 is 0 Å². The first-order chi connectivity index (χ1) is 9.58. The number of aliphatic hydroxyl groups excluding tert-OH is 1. The zero-order chi connectivity index (χ0) is 14.5. The predicted molar refractivity (Wildman–Crippen MR) is 84.0 cm³/mol. The van der Waals surface area contributed by atoms with Crippen LogP contribution in [0.5, 0.6) is 0 Å². The van der Waals surface area contributed by atoms with Crippen LogP contribution in [0.4, 0.5) is 0 Å². The number of rotatable bonds is 5. The highest BCUT2D eigenvalue weighted by Crippen LogP contribution is 2.28. The molecule has 0 aliphatic rings. The molecule has 2 rings (SSSR count). The standard InChI is InChI=1S/C18H23NO/c1-14-9-11-16(12-10-14)18(17(20)13-19(2)3)15-7-5-4-6-8-15/h4-12,17-18,20H,13H2,1-3H3. The van der Waals surface area contributed by atoms with Gasteiger partial charge in [-0.2, -0.15) is 0 Å². The van der Waals surface area contributed by atoms with Gasteiger partial charge in [-0.15, -0.1) is 0 Å². The molecule has 2 aromatic rings. The van der Waals surface area contributed by atoms with Crippen molar-refractivity contribution in [2.75, 3.05) is 20.6 Å². The highest BCUT2D eigenvalue weighted by molar-refractivity contribution is 5.35. The van der Waals surface area contributed by atoms with Gasteiger partial charge in [-0.25, -0.2) is 0 Å². The Morgan fingerprint density at radius 3 is 2.00 bits per heavy atom. The summed E-state index contributed by atoms with van der Waals surface area (Å²) in [5, 5.41) is 10.6. The van der Waals surface area contributed by atoms with Crippen LogP contribution in [-0.4, -0.2) is 36.8 Å². The van der Waals surface area contributed by atoms with Crippen molar-refractivity contribution in [2.45, 2.75) is 18.9 Å². The van der Waals surface area contributed by atoms with Gasteiger partial charge in [-0.1, -0.05) is 60.2 Å². The molecule has 2 nitrogen and oxygen atoms in total. The summed E-state index contributed by atoms with van der Waals surface area (Å²) in [5.41, 5.74) is 3.56. The topological polar surface area (TPSA) is 23.5 Å². The van der Waals surface area contributed by atoms with Crippen LogP contribution in [-0.2, 0) is 0 Å². The summed E-state index contributed by atoms with van der Waals surface area (Å²) in [5.74, 6) is 0.0131. The second-order valence-electron chi connectivity index (χ2n) is 5.63. The fourth-order valence-corrected chi connectivity index (χ4v) is 2.55. The molecule has 0 aliphatic heterocycles. The quantitative estimate of drug-likeness (QED) is 0.902. The minimum Gasteiger partial charge on any atom is -0.391 e. The molecule has 0 amide bonds. The molecule has 0 saturated carbocycles. The molecule has 0 aromatic heterocycles. The molecule has 0 saturated heterocycles. The van der Waals surface area contributed by atoms with Crippen molar-refractivity contribution in [3.63, 3.8) is 0 Å². The van der Waals surface area contributed by atoms with E-state index in [2.05, 4.69) is 43.3 Å². The normalized spacial score (nSPS) is 14.2. The lowest BCUT2D eigenvalue weighted by atomic mass is 9.86. The van der Waals surface area contributed by atoms with Gasteiger partial charge in [-0.3, -0.25) is 0 Å². The van der Waals surface area contributed by atoms with Crippen LogP contribution in [0.2, 0.25) is 0 Å². The summed E-state index contributed by atoms with van der Waals surface area (Å²) < 4.78 is 0. The first-order valence-corrected chi connectivity index (χ1v) is 7.02. The van der Waals surface area contributed by atoms with E-state index < -0.39 is 6.10 Å². The molecule has 2 heteroatoms. The summed E-state index contributed by atoms with van der Waals surface area (Å²) in [7, 11) is 3.97. The van der Waals surface area contributed by atoms with Crippen LogP contribution in [0, 0.1) is 6.92 Å². The van der Waals surface area contributed by atoms with Crippen LogP contribution in [0.25, 0.3) is 0 Å². The molecule has 0 heterocycles. The Balaban J connectivity index is 2.36. The summed E-state index contributed by atoms with van der Waals surface area (Å²) in [6.07, 6.45) is -0.421. The number of likely N-dealkylation sites (N-methyl/N-ethyl adjacent to an activating group) is 1. The van der Waals surface area contributed by atoms with Gasteiger partial charge in [0.1, 0.15) is 0 Å². The van der Waals surface area contributed by atoms with Crippen LogP contribution in [0.15, 0.2) is 54.6 Å².